The third kappa shape index (κ3) is 5.99. The zero-order chi connectivity index (χ0) is 24.1. The molecule has 33 heavy (non-hydrogen) atoms. The number of nitrogens with two attached hydrogens (primary N) is 1. The number of aromatic nitrogens is 4. The quantitative estimate of drug-likeness (QED) is 0.170. The van der Waals surface area contributed by atoms with Crippen molar-refractivity contribution in [2.45, 2.75) is 44.9 Å². The van der Waals surface area contributed by atoms with Crippen molar-refractivity contribution >= 4 is 52.2 Å². The van der Waals surface area contributed by atoms with E-state index >= 15 is 0 Å². The number of nitrogen functional groups attached to an aromatic ring is 1. The molecule has 0 bridgehead atoms. The number of nitrogens with zero attached hydrogens (tertiary/aromatic N) is 4. The Balaban J connectivity index is 1.58. The van der Waals surface area contributed by atoms with Crippen LogP contribution in [0.5, 0.6) is 0 Å². The van der Waals surface area contributed by atoms with Gasteiger partial charge in [0, 0.05) is 13.8 Å². The minimum Gasteiger partial charge on any atom is -0.456 e. The third-order valence-corrected chi connectivity index (χ3v) is 4.60. The zero-order valence-electron chi connectivity index (χ0n) is 17.5. The lowest BCUT2D eigenvalue weighted by Gasteiger charge is -2.39. The fraction of sp³-hybridized carbons (Fsp3) is 0.471. The van der Waals surface area contributed by atoms with Crippen LogP contribution in [0.3, 0.4) is 0 Å². The number of carbonyl (C=O) groups excluding carboxylic acids is 3. The molecular weight excluding hydrogens is 460 g/mol. The van der Waals surface area contributed by atoms with E-state index in [1.54, 1.807) is 0 Å². The number of thiocarbonyl (C=S) groups is 1. The number of amides is 1. The lowest BCUT2D eigenvalue weighted by Crippen LogP contribution is -2.63. The first-order valence-corrected chi connectivity index (χ1v) is 9.97. The molecule has 1 aliphatic heterocycles. The summed E-state index contributed by atoms with van der Waals surface area (Å²) in [5, 5.41) is 12.7. The van der Waals surface area contributed by atoms with Gasteiger partial charge in [-0.25, -0.2) is 15.0 Å². The number of hydrogen-bond acceptors (Lipinski definition) is 12. The lowest BCUT2D eigenvalue weighted by atomic mass is 10.0. The molecule has 3 rings (SSSR count). The summed E-state index contributed by atoms with van der Waals surface area (Å²) in [5.41, 5.74) is 11.3. The van der Waals surface area contributed by atoms with E-state index < -0.39 is 42.4 Å². The summed E-state index contributed by atoms with van der Waals surface area (Å²) in [6.07, 6.45) is -2.02. The molecule has 0 radical (unpaired) electrons. The first-order chi connectivity index (χ1) is 15.7. The van der Waals surface area contributed by atoms with Crippen LogP contribution in [0.25, 0.3) is 11.2 Å². The summed E-state index contributed by atoms with van der Waals surface area (Å²) in [5.74, 6) is -1.67. The molecule has 0 spiro atoms. The highest BCUT2D eigenvalue weighted by molar-refractivity contribution is 7.80. The van der Waals surface area contributed by atoms with Crippen molar-refractivity contribution in [1.82, 2.24) is 35.7 Å². The molecule has 1 aliphatic rings. The number of imidazole rings is 1. The smallest absolute Gasteiger partial charge is 0.303 e. The van der Waals surface area contributed by atoms with Gasteiger partial charge in [0.1, 0.15) is 24.5 Å². The normalized spacial score (nSPS) is 22.3. The molecule has 15 nitrogen and oxygen atoms in total. The maximum Gasteiger partial charge on any atom is 0.303 e. The van der Waals surface area contributed by atoms with Crippen LogP contribution >= 0.6 is 12.2 Å². The first kappa shape index (κ1) is 24.0. The Bertz CT molecular complexity index is 1060. The van der Waals surface area contributed by atoms with Gasteiger partial charge in [-0.15, -0.1) is 0 Å². The van der Waals surface area contributed by atoms with Crippen molar-refractivity contribution in [3.63, 3.8) is 0 Å². The summed E-state index contributed by atoms with van der Waals surface area (Å²) in [4.78, 5) is 47.1. The second kappa shape index (κ2) is 10.3. The van der Waals surface area contributed by atoms with Gasteiger partial charge in [0.2, 0.25) is 0 Å². The van der Waals surface area contributed by atoms with E-state index in [-0.39, 0.29) is 24.1 Å². The number of carbonyl (C=O) groups is 3. The maximum atomic E-state index is 12.3. The Kier molecular flexibility index (Phi) is 7.52. The van der Waals surface area contributed by atoms with Crippen molar-refractivity contribution in [2.75, 3.05) is 12.3 Å². The van der Waals surface area contributed by atoms with E-state index in [0.29, 0.717) is 11.2 Å². The van der Waals surface area contributed by atoms with E-state index in [4.69, 9.17) is 32.2 Å². The Morgan fingerprint density at radius 3 is 2.61 bits per heavy atom. The summed E-state index contributed by atoms with van der Waals surface area (Å²) < 4.78 is 17.1. The first-order valence-electron chi connectivity index (χ1n) is 9.56. The van der Waals surface area contributed by atoms with Crippen molar-refractivity contribution in [2.24, 2.45) is 0 Å². The van der Waals surface area contributed by atoms with E-state index in [1.807, 2.05) is 0 Å². The second-order valence-electron chi connectivity index (χ2n) is 6.92. The zero-order valence-corrected chi connectivity index (χ0v) is 18.4. The number of aliphatic hydroxyl groups is 1. The molecule has 2 aromatic rings. The molecule has 0 unspecified atom stereocenters. The van der Waals surface area contributed by atoms with Crippen LogP contribution in [0.1, 0.15) is 13.8 Å². The Hall–Kier alpha value is -3.63. The summed E-state index contributed by atoms with van der Waals surface area (Å²) in [7, 11) is 0. The monoisotopic (exact) mass is 482 g/mol. The molecule has 3 heterocycles. The number of hydrogen-bond donors (Lipinski definition) is 5. The number of rotatable bonds is 5. The van der Waals surface area contributed by atoms with Crippen molar-refractivity contribution < 1.29 is 33.7 Å². The number of ether oxygens (including phenoxy) is 3. The van der Waals surface area contributed by atoms with Gasteiger partial charge in [-0.3, -0.25) is 25.2 Å². The highest BCUT2D eigenvalue weighted by atomic mass is 32.1. The molecule has 0 saturated carbocycles. The Morgan fingerprint density at radius 1 is 1.21 bits per heavy atom. The van der Waals surface area contributed by atoms with E-state index in [0.717, 1.165) is 13.8 Å². The number of nitrogens with one attached hydrogen (secondary N) is 3. The standard InChI is InChI=1S/C17H22N8O7S/c1-7(26)31-12-9(28)4-30-16(13(12)32-8(2)27)22-17(33)24-23-10(29)3-25-6-21-11-14(18)19-5-20-15(11)25/h5-6,9,12-13,16,28H,3-4H2,1-2H3,(H,23,29)(H2,18,19,20)(H2,22,24,33)/t9-,12-,13+,16+/m0/s1. The average Bonchev–Trinajstić information content (AvgIpc) is 3.14. The number of hydrazine groups is 1. The molecule has 1 fully saturated rings. The summed E-state index contributed by atoms with van der Waals surface area (Å²) in [6, 6.07) is 0. The molecule has 178 valence electrons. The van der Waals surface area contributed by atoms with Gasteiger partial charge in [0.05, 0.1) is 12.9 Å². The van der Waals surface area contributed by atoms with Crippen LogP contribution in [0, 0.1) is 0 Å². The minimum absolute atomic E-state index is 0.0921. The summed E-state index contributed by atoms with van der Waals surface area (Å²) in [6.45, 7) is 1.93. The Morgan fingerprint density at radius 2 is 1.91 bits per heavy atom. The predicted molar refractivity (Wildman–Crippen MR) is 114 cm³/mol. The van der Waals surface area contributed by atoms with Crippen LogP contribution < -0.4 is 21.9 Å². The molecule has 6 N–H and O–H groups in total. The molecule has 16 heteroatoms. The molecule has 2 aromatic heterocycles. The van der Waals surface area contributed by atoms with Crippen LogP contribution in [-0.2, 0) is 35.1 Å². The van der Waals surface area contributed by atoms with Gasteiger partial charge in [-0.1, -0.05) is 0 Å². The number of esters is 2. The fourth-order valence-corrected chi connectivity index (χ4v) is 3.23. The van der Waals surface area contributed by atoms with Crippen LogP contribution in [0.2, 0.25) is 0 Å². The highest BCUT2D eigenvalue weighted by Crippen LogP contribution is 2.21. The topological polar surface area (TPSA) is 205 Å². The molecule has 1 saturated heterocycles. The largest absolute Gasteiger partial charge is 0.456 e. The van der Waals surface area contributed by atoms with Gasteiger partial charge < -0.3 is 34.9 Å². The minimum atomic E-state index is -1.22. The molecule has 0 aromatic carbocycles. The second-order valence-corrected chi connectivity index (χ2v) is 7.33. The van der Waals surface area contributed by atoms with Gasteiger partial charge in [0.25, 0.3) is 5.91 Å². The SMILES string of the molecule is CC(=O)O[C@@H]1[C@@H](OC(C)=O)[C@@H](O)CO[C@H]1NC(=S)NNC(=O)Cn1cnc2c(N)ncnc21. The van der Waals surface area contributed by atoms with Gasteiger partial charge in [0.15, 0.2) is 35.0 Å². The maximum absolute atomic E-state index is 12.3. The average molecular weight is 482 g/mol. The van der Waals surface area contributed by atoms with Crippen molar-refractivity contribution in [3.8, 4) is 0 Å². The molecule has 0 aliphatic carbocycles. The lowest BCUT2D eigenvalue weighted by molar-refractivity contribution is -0.220. The summed E-state index contributed by atoms with van der Waals surface area (Å²) >= 11 is 5.13. The van der Waals surface area contributed by atoms with E-state index in [9.17, 15) is 19.5 Å². The fourth-order valence-electron chi connectivity index (χ4n) is 3.07. The van der Waals surface area contributed by atoms with Gasteiger partial charge in [-0.05, 0) is 12.2 Å². The van der Waals surface area contributed by atoms with E-state index in [2.05, 4.69) is 31.1 Å². The molecular formula is C17H22N8O7S. The van der Waals surface area contributed by atoms with Crippen LogP contribution in [-0.4, -0.2) is 78.7 Å². The molecule has 1 amide bonds. The van der Waals surface area contributed by atoms with Gasteiger partial charge in [-0.2, -0.15) is 0 Å². The Labute approximate surface area is 192 Å². The van der Waals surface area contributed by atoms with Crippen molar-refractivity contribution in [3.05, 3.63) is 12.7 Å². The number of aliphatic hydroxyl groups excluding tert-OH is 1. The number of fused-ring (bicyclic) bond motifs is 1. The third-order valence-electron chi connectivity index (χ3n) is 4.38. The highest BCUT2D eigenvalue weighted by Gasteiger charge is 2.44. The van der Waals surface area contributed by atoms with Crippen molar-refractivity contribution in [1.29, 1.82) is 0 Å². The predicted octanol–water partition coefficient (Wildman–Crippen LogP) is -2.52. The van der Waals surface area contributed by atoms with Gasteiger partial charge >= 0.3 is 11.9 Å². The van der Waals surface area contributed by atoms with Crippen LogP contribution in [0.4, 0.5) is 5.82 Å². The van der Waals surface area contributed by atoms with Crippen LogP contribution in [0.15, 0.2) is 12.7 Å². The molecule has 4 atom stereocenters. The number of anilines is 1. The van der Waals surface area contributed by atoms with E-state index in [1.165, 1.54) is 17.2 Å².